The van der Waals surface area contributed by atoms with Crippen LogP contribution in [0.3, 0.4) is 0 Å². The molecule has 3 nitrogen and oxygen atoms in total. The van der Waals surface area contributed by atoms with Crippen molar-refractivity contribution in [1.82, 2.24) is 10.3 Å². The van der Waals surface area contributed by atoms with Gasteiger partial charge in [0.1, 0.15) is 5.82 Å². The van der Waals surface area contributed by atoms with Crippen molar-refractivity contribution < 1.29 is 9.18 Å². The van der Waals surface area contributed by atoms with Crippen LogP contribution in [0.5, 0.6) is 0 Å². The number of benzene rings is 1. The van der Waals surface area contributed by atoms with Crippen LogP contribution >= 0.6 is 27.3 Å². The fourth-order valence-electron chi connectivity index (χ4n) is 1.26. The largest absolute Gasteiger partial charge is 0.347 e. The van der Waals surface area contributed by atoms with Gasteiger partial charge in [0.25, 0.3) is 5.91 Å². The molecule has 0 atom stereocenters. The third kappa shape index (κ3) is 3.10. The molecule has 0 aliphatic rings. The molecule has 1 heterocycles. The maximum absolute atomic E-state index is 13.4. The Hall–Kier alpha value is -1.27. The third-order valence-corrected chi connectivity index (χ3v) is 3.35. The number of halogens is 2. The van der Waals surface area contributed by atoms with Crippen LogP contribution < -0.4 is 5.32 Å². The summed E-state index contributed by atoms with van der Waals surface area (Å²) in [5.41, 5.74) is 1.71. The lowest BCUT2D eigenvalue weighted by Crippen LogP contribution is -2.23. The van der Waals surface area contributed by atoms with Gasteiger partial charge < -0.3 is 5.32 Å². The maximum Gasteiger partial charge on any atom is 0.254 e. The van der Waals surface area contributed by atoms with Crippen LogP contribution in [0.1, 0.15) is 15.2 Å². The van der Waals surface area contributed by atoms with Crippen molar-refractivity contribution in [3.63, 3.8) is 0 Å². The first kappa shape index (κ1) is 12.2. The Bertz CT molecular complexity index is 530. The van der Waals surface area contributed by atoms with E-state index in [4.69, 9.17) is 0 Å². The average molecular weight is 315 g/mol. The summed E-state index contributed by atoms with van der Waals surface area (Å²) in [5.74, 6) is -0.966. The van der Waals surface area contributed by atoms with Crippen LogP contribution in [0.15, 0.2) is 34.4 Å². The minimum atomic E-state index is -0.532. The molecule has 0 aliphatic heterocycles. The Balaban J connectivity index is 2.07. The fourth-order valence-corrected chi connectivity index (χ4v) is 2.16. The first-order valence-corrected chi connectivity index (χ1v) is 6.44. The van der Waals surface area contributed by atoms with Crippen molar-refractivity contribution in [3.05, 3.63) is 50.6 Å². The molecule has 0 aliphatic carbocycles. The molecule has 2 rings (SSSR count). The lowest BCUT2D eigenvalue weighted by Gasteiger charge is -2.05. The van der Waals surface area contributed by atoms with E-state index in [9.17, 15) is 9.18 Å². The second-order valence-electron chi connectivity index (χ2n) is 3.27. The van der Waals surface area contributed by atoms with Crippen LogP contribution in [0.25, 0.3) is 0 Å². The first-order chi connectivity index (χ1) is 8.16. The number of nitrogens with one attached hydrogen (secondary N) is 1. The molecular formula is C11H8BrFN2OS. The summed E-state index contributed by atoms with van der Waals surface area (Å²) in [7, 11) is 0. The normalized spacial score (nSPS) is 10.2. The lowest BCUT2D eigenvalue weighted by atomic mass is 10.2. The minimum Gasteiger partial charge on any atom is -0.347 e. The zero-order chi connectivity index (χ0) is 12.3. The number of aromatic nitrogens is 1. The highest BCUT2D eigenvalue weighted by Gasteiger charge is 2.11. The van der Waals surface area contributed by atoms with E-state index in [2.05, 4.69) is 26.2 Å². The molecule has 0 saturated heterocycles. The maximum atomic E-state index is 13.4. The van der Waals surface area contributed by atoms with Gasteiger partial charge in [-0.25, -0.2) is 4.39 Å². The smallest absolute Gasteiger partial charge is 0.254 e. The molecule has 88 valence electrons. The summed E-state index contributed by atoms with van der Waals surface area (Å²) in [5, 5.41) is 2.64. The fraction of sp³-hybridized carbons (Fsp3) is 0.0909. The van der Waals surface area contributed by atoms with Crippen molar-refractivity contribution >= 4 is 33.2 Å². The van der Waals surface area contributed by atoms with E-state index in [-0.39, 0.29) is 5.56 Å². The average Bonchev–Trinajstić information content (AvgIpc) is 2.82. The highest BCUT2D eigenvalue weighted by Crippen LogP contribution is 2.15. The summed E-state index contributed by atoms with van der Waals surface area (Å²) < 4.78 is 14.1. The molecule has 0 unspecified atom stereocenters. The van der Waals surface area contributed by atoms with Crippen LogP contribution in [0.2, 0.25) is 0 Å². The molecule has 1 N–H and O–H groups in total. The number of hydrogen-bond donors (Lipinski definition) is 1. The van der Waals surface area contributed by atoms with Gasteiger partial charge in [-0.2, -0.15) is 0 Å². The molecule has 1 amide bonds. The molecular weight excluding hydrogens is 307 g/mol. The molecule has 1 aromatic heterocycles. The summed E-state index contributed by atoms with van der Waals surface area (Å²) >= 11 is 4.64. The van der Waals surface area contributed by atoms with E-state index in [1.54, 1.807) is 17.8 Å². The van der Waals surface area contributed by atoms with Gasteiger partial charge in [0.2, 0.25) is 0 Å². The predicted octanol–water partition coefficient (Wildman–Crippen LogP) is 2.97. The Morgan fingerprint density at radius 1 is 1.53 bits per heavy atom. The highest BCUT2D eigenvalue weighted by molar-refractivity contribution is 9.10. The zero-order valence-electron chi connectivity index (χ0n) is 8.61. The second kappa shape index (κ2) is 5.37. The molecule has 0 spiro atoms. The van der Waals surface area contributed by atoms with E-state index in [1.807, 2.05) is 0 Å². The Labute approximate surface area is 110 Å². The monoisotopic (exact) mass is 314 g/mol. The number of rotatable bonds is 3. The van der Waals surface area contributed by atoms with E-state index >= 15 is 0 Å². The van der Waals surface area contributed by atoms with E-state index in [0.29, 0.717) is 11.0 Å². The molecule has 6 heteroatoms. The van der Waals surface area contributed by atoms with Crippen molar-refractivity contribution in [2.75, 3.05) is 0 Å². The lowest BCUT2D eigenvalue weighted by molar-refractivity contribution is 0.0947. The van der Waals surface area contributed by atoms with Crippen molar-refractivity contribution in [3.8, 4) is 0 Å². The SMILES string of the molecule is O=C(NCc1cncs1)c1cc(Br)ccc1F. The van der Waals surface area contributed by atoms with Gasteiger partial charge in [0.15, 0.2) is 0 Å². The number of carbonyl (C=O) groups is 1. The van der Waals surface area contributed by atoms with Crippen LogP contribution in [-0.2, 0) is 6.54 Å². The Kier molecular flexibility index (Phi) is 3.86. The number of thiazole rings is 1. The summed E-state index contributed by atoms with van der Waals surface area (Å²) in [4.78, 5) is 16.5. The number of nitrogens with zero attached hydrogens (tertiary/aromatic N) is 1. The first-order valence-electron chi connectivity index (χ1n) is 4.77. The molecule has 1 aromatic carbocycles. The van der Waals surface area contributed by atoms with Crippen LogP contribution in [0.4, 0.5) is 4.39 Å². The van der Waals surface area contributed by atoms with Crippen molar-refractivity contribution in [2.45, 2.75) is 6.54 Å². The molecule has 17 heavy (non-hydrogen) atoms. The quantitative estimate of drug-likeness (QED) is 0.946. The van der Waals surface area contributed by atoms with E-state index < -0.39 is 11.7 Å². The van der Waals surface area contributed by atoms with Gasteiger partial charge in [-0.15, -0.1) is 11.3 Å². The number of carbonyl (C=O) groups excluding carboxylic acids is 1. The second-order valence-corrected chi connectivity index (χ2v) is 5.16. The molecule has 0 radical (unpaired) electrons. The van der Waals surface area contributed by atoms with Gasteiger partial charge in [-0.1, -0.05) is 15.9 Å². The summed E-state index contributed by atoms with van der Waals surface area (Å²) in [6, 6.07) is 4.26. The van der Waals surface area contributed by atoms with E-state index in [1.165, 1.54) is 23.5 Å². The minimum absolute atomic E-state index is 0.0314. The summed E-state index contributed by atoms with van der Waals surface area (Å²) in [6.07, 6.45) is 1.67. The van der Waals surface area contributed by atoms with Crippen LogP contribution in [0, 0.1) is 5.82 Å². The van der Waals surface area contributed by atoms with E-state index in [0.717, 1.165) is 4.88 Å². The third-order valence-electron chi connectivity index (χ3n) is 2.08. The zero-order valence-corrected chi connectivity index (χ0v) is 11.0. The van der Waals surface area contributed by atoms with Gasteiger partial charge >= 0.3 is 0 Å². The molecule has 2 aromatic rings. The highest BCUT2D eigenvalue weighted by atomic mass is 79.9. The topological polar surface area (TPSA) is 42.0 Å². The standard InChI is InChI=1S/C11H8BrFN2OS/c12-7-1-2-10(13)9(3-7)11(16)15-5-8-4-14-6-17-8/h1-4,6H,5H2,(H,15,16). The van der Waals surface area contributed by atoms with Gasteiger partial charge in [0.05, 0.1) is 17.6 Å². The molecule has 0 bridgehead atoms. The predicted molar refractivity (Wildman–Crippen MR) is 67.4 cm³/mol. The number of amides is 1. The Morgan fingerprint density at radius 2 is 2.35 bits per heavy atom. The summed E-state index contributed by atoms with van der Waals surface area (Å²) in [6.45, 7) is 0.357. The van der Waals surface area contributed by atoms with Gasteiger partial charge in [-0.3, -0.25) is 9.78 Å². The van der Waals surface area contributed by atoms with Gasteiger partial charge in [0, 0.05) is 15.5 Å². The molecule has 0 fully saturated rings. The van der Waals surface area contributed by atoms with Crippen molar-refractivity contribution in [2.24, 2.45) is 0 Å². The van der Waals surface area contributed by atoms with Crippen molar-refractivity contribution in [1.29, 1.82) is 0 Å². The molecule has 0 saturated carbocycles. The number of hydrogen-bond acceptors (Lipinski definition) is 3. The van der Waals surface area contributed by atoms with Gasteiger partial charge in [-0.05, 0) is 18.2 Å². The Morgan fingerprint density at radius 3 is 3.06 bits per heavy atom. The van der Waals surface area contributed by atoms with Crippen LogP contribution in [-0.4, -0.2) is 10.9 Å².